The van der Waals surface area contributed by atoms with Crippen LogP contribution in [0.25, 0.3) is 0 Å². The van der Waals surface area contributed by atoms with Crippen LogP contribution < -0.4 is 10.2 Å². The third kappa shape index (κ3) is 5.74. The number of guanidine groups is 1. The van der Waals surface area contributed by atoms with Crippen molar-refractivity contribution in [2.24, 2.45) is 4.99 Å². The summed E-state index contributed by atoms with van der Waals surface area (Å²) in [5, 5.41) is 6.73. The summed E-state index contributed by atoms with van der Waals surface area (Å²) in [6, 6.07) is 6.60. The Morgan fingerprint density at radius 3 is 2.77 bits per heavy atom. The van der Waals surface area contributed by atoms with E-state index in [1.165, 1.54) is 25.0 Å². The largest absolute Gasteiger partial charge is 0.367 e. The Morgan fingerprint density at radius 2 is 2.03 bits per heavy atom. The lowest BCUT2D eigenvalue weighted by Crippen LogP contribution is -2.50. The van der Waals surface area contributed by atoms with Crippen molar-refractivity contribution in [1.82, 2.24) is 15.2 Å². The molecule has 2 aromatic rings. The summed E-state index contributed by atoms with van der Waals surface area (Å²) in [5.41, 5.74) is 2.11. The van der Waals surface area contributed by atoms with Crippen LogP contribution in [0.15, 0.2) is 34.6 Å². The van der Waals surface area contributed by atoms with Crippen molar-refractivity contribution in [2.75, 3.05) is 44.2 Å². The molecule has 2 aliphatic rings. The van der Waals surface area contributed by atoms with E-state index in [1.54, 1.807) is 23.5 Å². The van der Waals surface area contributed by atoms with Crippen molar-refractivity contribution in [3.63, 3.8) is 0 Å². The fraction of sp³-hybridized carbons (Fsp3) is 0.565. The topological polar surface area (TPSA) is 53.0 Å². The average Bonchev–Trinajstić information content (AvgIpc) is 3.45. The van der Waals surface area contributed by atoms with Crippen molar-refractivity contribution in [1.29, 1.82) is 0 Å². The van der Waals surface area contributed by atoms with Crippen LogP contribution in [0.5, 0.6) is 0 Å². The average molecular weight is 446 g/mol. The van der Waals surface area contributed by atoms with E-state index < -0.39 is 0 Å². The van der Waals surface area contributed by atoms with Crippen LogP contribution >= 0.6 is 11.3 Å². The van der Waals surface area contributed by atoms with E-state index in [0.29, 0.717) is 13.1 Å². The maximum atomic E-state index is 13.3. The second-order valence-electron chi connectivity index (χ2n) is 8.19. The van der Waals surface area contributed by atoms with Crippen LogP contribution in [0.4, 0.5) is 9.52 Å². The highest BCUT2D eigenvalue weighted by Gasteiger charge is 2.28. The van der Waals surface area contributed by atoms with Gasteiger partial charge in [-0.2, -0.15) is 0 Å². The van der Waals surface area contributed by atoms with Gasteiger partial charge in [0.25, 0.3) is 0 Å². The molecule has 0 spiro atoms. The first-order chi connectivity index (χ1) is 15.1. The maximum Gasteiger partial charge on any atom is 0.194 e. The molecule has 8 heteroatoms. The molecule has 3 heterocycles. The number of morpholine rings is 1. The van der Waals surface area contributed by atoms with E-state index in [4.69, 9.17) is 14.7 Å². The van der Waals surface area contributed by atoms with Crippen LogP contribution in [0, 0.1) is 5.82 Å². The van der Waals surface area contributed by atoms with Crippen molar-refractivity contribution in [3.8, 4) is 0 Å². The highest BCUT2D eigenvalue weighted by Crippen LogP contribution is 2.26. The number of nitrogens with zero attached hydrogens (tertiary/aromatic N) is 4. The molecule has 168 valence electrons. The smallest absolute Gasteiger partial charge is 0.194 e. The van der Waals surface area contributed by atoms with Crippen LogP contribution in [-0.4, -0.2) is 61.2 Å². The Bertz CT molecular complexity index is 865. The van der Waals surface area contributed by atoms with E-state index in [1.807, 2.05) is 0 Å². The minimum Gasteiger partial charge on any atom is -0.367 e. The first kappa shape index (κ1) is 22.0. The number of thiazole rings is 1. The van der Waals surface area contributed by atoms with Gasteiger partial charge >= 0.3 is 0 Å². The van der Waals surface area contributed by atoms with Crippen LogP contribution in [0.3, 0.4) is 0 Å². The minimum absolute atomic E-state index is 0.0641. The number of anilines is 1. The Balaban J connectivity index is 1.39. The van der Waals surface area contributed by atoms with Crippen molar-refractivity contribution >= 4 is 22.4 Å². The molecule has 2 atom stereocenters. The van der Waals surface area contributed by atoms with E-state index in [0.717, 1.165) is 54.9 Å². The SMILES string of the molecule is CCNC(=NCCc1csc(N2CCCC2)n1)N1CC(C)OC(c2ccc(F)cc2)C1. The van der Waals surface area contributed by atoms with Gasteiger partial charge in [-0.05, 0) is 44.4 Å². The number of aliphatic imine (C=N–C) groups is 1. The Hall–Kier alpha value is -2.19. The summed E-state index contributed by atoms with van der Waals surface area (Å²) in [6.07, 6.45) is 3.33. The molecule has 31 heavy (non-hydrogen) atoms. The molecule has 0 aliphatic carbocycles. The predicted molar refractivity (Wildman–Crippen MR) is 125 cm³/mol. The molecule has 2 saturated heterocycles. The Kier molecular flexibility index (Phi) is 7.40. The number of aromatic nitrogens is 1. The lowest BCUT2D eigenvalue weighted by Gasteiger charge is -2.38. The molecule has 0 saturated carbocycles. The van der Waals surface area contributed by atoms with E-state index >= 15 is 0 Å². The van der Waals surface area contributed by atoms with Gasteiger partial charge in [0.15, 0.2) is 11.1 Å². The summed E-state index contributed by atoms with van der Waals surface area (Å²) in [5.74, 6) is 0.675. The Labute approximate surface area is 188 Å². The third-order valence-electron chi connectivity index (χ3n) is 5.68. The Morgan fingerprint density at radius 1 is 1.26 bits per heavy atom. The number of rotatable bonds is 6. The number of nitrogens with one attached hydrogen (secondary N) is 1. The van der Waals surface area contributed by atoms with Gasteiger partial charge in [0, 0.05) is 44.5 Å². The molecule has 2 aliphatic heterocycles. The summed E-state index contributed by atoms with van der Waals surface area (Å²) in [7, 11) is 0. The predicted octanol–water partition coefficient (Wildman–Crippen LogP) is 3.85. The summed E-state index contributed by atoms with van der Waals surface area (Å²) in [4.78, 5) is 14.3. The van der Waals surface area contributed by atoms with Crippen LogP contribution in [-0.2, 0) is 11.2 Å². The summed E-state index contributed by atoms with van der Waals surface area (Å²) >= 11 is 1.74. The van der Waals surface area contributed by atoms with Gasteiger partial charge in [-0.15, -0.1) is 11.3 Å². The monoisotopic (exact) mass is 445 g/mol. The summed E-state index contributed by atoms with van der Waals surface area (Å²) < 4.78 is 19.5. The molecule has 1 aromatic carbocycles. The van der Waals surface area contributed by atoms with Gasteiger partial charge in [-0.3, -0.25) is 4.99 Å². The minimum atomic E-state index is -0.228. The molecule has 6 nitrogen and oxygen atoms in total. The lowest BCUT2D eigenvalue weighted by atomic mass is 10.1. The molecule has 4 rings (SSSR count). The van der Waals surface area contributed by atoms with E-state index in [2.05, 4.69) is 34.3 Å². The molecule has 1 aromatic heterocycles. The number of ether oxygens (including phenoxy) is 1. The normalized spacial score (nSPS) is 22.2. The lowest BCUT2D eigenvalue weighted by molar-refractivity contribution is -0.0605. The molecule has 0 radical (unpaired) electrons. The summed E-state index contributed by atoms with van der Waals surface area (Å²) in [6.45, 7) is 9.37. The molecule has 2 fully saturated rings. The quantitative estimate of drug-likeness (QED) is 0.541. The molecule has 0 bridgehead atoms. The molecule has 1 N–H and O–H groups in total. The molecule has 2 unspecified atom stereocenters. The van der Waals surface area contributed by atoms with Gasteiger partial charge < -0.3 is 19.9 Å². The van der Waals surface area contributed by atoms with Gasteiger partial charge in [0.2, 0.25) is 0 Å². The zero-order chi connectivity index (χ0) is 21.6. The zero-order valence-corrected chi connectivity index (χ0v) is 19.2. The zero-order valence-electron chi connectivity index (χ0n) is 18.4. The molecular formula is C23H32FN5OS. The first-order valence-corrected chi connectivity index (χ1v) is 12.1. The van der Waals surface area contributed by atoms with Crippen LogP contribution in [0.2, 0.25) is 0 Å². The number of halogens is 1. The molecular weight excluding hydrogens is 413 g/mol. The standard InChI is InChI=1S/C23H32FN5OS/c1-3-25-22(26-11-10-20-16-31-23(27-20)28-12-4-5-13-28)29-14-17(2)30-21(15-29)18-6-8-19(24)9-7-18/h6-9,16-17,21H,3-5,10-15H2,1-2H3,(H,25,26). The van der Waals surface area contributed by atoms with Gasteiger partial charge in [-0.1, -0.05) is 12.1 Å². The number of benzene rings is 1. The van der Waals surface area contributed by atoms with Crippen molar-refractivity contribution in [3.05, 3.63) is 46.7 Å². The first-order valence-electron chi connectivity index (χ1n) is 11.3. The number of hydrogen-bond donors (Lipinski definition) is 1. The van der Waals surface area contributed by atoms with E-state index in [-0.39, 0.29) is 18.0 Å². The van der Waals surface area contributed by atoms with Crippen molar-refractivity contribution in [2.45, 2.75) is 45.3 Å². The second-order valence-corrected chi connectivity index (χ2v) is 9.03. The van der Waals surface area contributed by atoms with Gasteiger partial charge in [0.05, 0.1) is 18.3 Å². The second kappa shape index (κ2) is 10.4. The molecule has 0 amide bonds. The van der Waals surface area contributed by atoms with Gasteiger partial charge in [0.1, 0.15) is 11.9 Å². The van der Waals surface area contributed by atoms with Gasteiger partial charge in [-0.25, -0.2) is 9.37 Å². The van der Waals surface area contributed by atoms with Crippen molar-refractivity contribution < 1.29 is 9.13 Å². The highest BCUT2D eigenvalue weighted by atomic mass is 32.1. The van der Waals surface area contributed by atoms with Crippen LogP contribution in [0.1, 0.15) is 44.1 Å². The third-order valence-corrected chi connectivity index (χ3v) is 6.63. The fourth-order valence-corrected chi connectivity index (χ4v) is 5.07. The maximum absolute atomic E-state index is 13.3. The highest BCUT2D eigenvalue weighted by molar-refractivity contribution is 7.13. The fourth-order valence-electron chi connectivity index (χ4n) is 4.15. The van der Waals surface area contributed by atoms with E-state index in [9.17, 15) is 4.39 Å². The number of hydrogen-bond acceptors (Lipinski definition) is 5.